The van der Waals surface area contributed by atoms with Crippen molar-refractivity contribution < 1.29 is 9.90 Å². The van der Waals surface area contributed by atoms with Crippen LogP contribution in [-0.4, -0.2) is 32.3 Å². The molecule has 106 valence electrons. The number of hydrogen-bond donors (Lipinski definition) is 3. The van der Waals surface area contributed by atoms with Gasteiger partial charge in [-0.3, -0.25) is 10.4 Å². The van der Waals surface area contributed by atoms with Crippen LogP contribution in [0, 0.1) is 0 Å². The number of imidazole rings is 1. The molecule has 0 aliphatic carbocycles. The third-order valence-electron chi connectivity index (χ3n) is 2.95. The van der Waals surface area contributed by atoms with E-state index >= 15 is 0 Å². The zero-order valence-electron chi connectivity index (χ0n) is 11.2. The molecule has 2 rings (SSSR count). The first-order chi connectivity index (χ1) is 9.66. The highest BCUT2D eigenvalue weighted by molar-refractivity contribution is 5.63. The van der Waals surface area contributed by atoms with Crippen molar-refractivity contribution >= 4 is 6.09 Å². The van der Waals surface area contributed by atoms with Crippen molar-refractivity contribution in [1.82, 2.24) is 25.4 Å². The van der Waals surface area contributed by atoms with Crippen LogP contribution < -0.4 is 10.9 Å². The Balaban J connectivity index is 1.90. The fourth-order valence-electron chi connectivity index (χ4n) is 1.81. The van der Waals surface area contributed by atoms with Gasteiger partial charge >= 0.3 is 6.09 Å². The highest BCUT2D eigenvalue weighted by Crippen LogP contribution is 2.18. The zero-order valence-corrected chi connectivity index (χ0v) is 11.2. The minimum atomic E-state index is -1.08. The summed E-state index contributed by atoms with van der Waals surface area (Å²) in [6.45, 7) is 2.60. The van der Waals surface area contributed by atoms with E-state index < -0.39 is 6.09 Å². The molecule has 0 unspecified atom stereocenters. The van der Waals surface area contributed by atoms with Crippen molar-refractivity contribution in [3.63, 3.8) is 0 Å². The molecule has 7 heteroatoms. The summed E-state index contributed by atoms with van der Waals surface area (Å²) >= 11 is 0. The van der Waals surface area contributed by atoms with Crippen molar-refractivity contribution in [1.29, 1.82) is 0 Å². The van der Waals surface area contributed by atoms with E-state index in [0.717, 1.165) is 17.7 Å². The second-order valence-corrected chi connectivity index (χ2v) is 4.44. The molecule has 0 aliphatic heterocycles. The van der Waals surface area contributed by atoms with Crippen LogP contribution in [0.15, 0.2) is 37.1 Å². The van der Waals surface area contributed by atoms with Crippen LogP contribution in [0.1, 0.15) is 19.4 Å². The molecule has 3 N–H and O–H groups in total. The van der Waals surface area contributed by atoms with Crippen LogP contribution in [0.3, 0.4) is 0 Å². The van der Waals surface area contributed by atoms with Crippen LogP contribution in [0.25, 0.3) is 11.3 Å². The second-order valence-electron chi connectivity index (χ2n) is 4.44. The summed E-state index contributed by atoms with van der Waals surface area (Å²) in [4.78, 5) is 18.7. The maximum atomic E-state index is 10.3. The molecule has 0 saturated carbocycles. The molecular formula is C13H17N5O2. The minimum Gasteiger partial charge on any atom is -0.464 e. The van der Waals surface area contributed by atoms with Gasteiger partial charge in [-0.05, 0) is 25.5 Å². The predicted octanol–water partition coefficient (Wildman–Crippen LogP) is 1.67. The van der Waals surface area contributed by atoms with E-state index in [9.17, 15) is 4.79 Å². The lowest BCUT2D eigenvalue weighted by Crippen LogP contribution is -2.37. The van der Waals surface area contributed by atoms with Gasteiger partial charge in [0.15, 0.2) is 0 Å². The number of aromatic nitrogens is 3. The summed E-state index contributed by atoms with van der Waals surface area (Å²) in [7, 11) is 0. The number of carboxylic acid groups (broad SMARTS) is 1. The number of hydrazine groups is 1. The van der Waals surface area contributed by atoms with E-state index in [-0.39, 0.29) is 6.04 Å². The smallest absolute Gasteiger partial charge is 0.419 e. The molecule has 0 aromatic carbocycles. The van der Waals surface area contributed by atoms with Gasteiger partial charge < -0.3 is 9.67 Å². The maximum Gasteiger partial charge on any atom is 0.419 e. The van der Waals surface area contributed by atoms with Crippen LogP contribution >= 0.6 is 0 Å². The first-order valence-corrected chi connectivity index (χ1v) is 6.32. The van der Waals surface area contributed by atoms with E-state index in [4.69, 9.17) is 5.11 Å². The number of carbonyl (C=O) groups is 1. The van der Waals surface area contributed by atoms with E-state index in [1.54, 1.807) is 18.7 Å². The minimum absolute atomic E-state index is 0.219. The number of hydrogen-bond acceptors (Lipinski definition) is 4. The van der Waals surface area contributed by atoms with Crippen molar-refractivity contribution in [3.05, 3.63) is 37.1 Å². The number of nitrogens with zero attached hydrogens (tertiary/aromatic N) is 3. The molecule has 0 aliphatic rings. The molecule has 0 bridgehead atoms. The first-order valence-electron chi connectivity index (χ1n) is 6.32. The Hall–Kier alpha value is -2.41. The van der Waals surface area contributed by atoms with Gasteiger partial charge in [0.1, 0.15) is 0 Å². The SMILES string of the molecule is C[C@H](CCNNC(=O)O)n1cnc(-c2cccnc2)c1. The van der Waals surface area contributed by atoms with Gasteiger partial charge in [0.25, 0.3) is 0 Å². The van der Waals surface area contributed by atoms with Crippen molar-refractivity contribution in [2.75, 3.05) is 6.54 Å². The Bertz CT molecular complexity index is 555. The average molecular weight is 275 g/mol. The number of rotatable bonds is 6. The van der Waals surface area contributed by atoms with Gasteiger partial charge in [-0.1, -0.05) is 0 Å². The lowest BCUT2D eigenvalue weighted by atomic mass is 10.2. The van der Waals surface area contributed by atoms with E-state index in [2.05, 4.69) is 27.7 Å². The van der Waals surface area contributed by atoms with Gasteiger partial charge in [-0.25, -0.2) is 15.2 Å². The Labute approximate surface area is 116 Å². The van der Waals surface area contributed by atoms with Crippen molar-refractivity contribution in [2.45, 2.75) is 19.4 Å². The molecule has 0 saturated heterocycles. The largest absolute Gasteiger partial charge is 0.464 e. The fraction of sp³-hybridized carbons (Fsp3) is 0.308. The van der Waals surface area contributed by atoms with Gasteiger partial charge in [-0.15, -0.1) is 0 Å². The number of nitrogens with one attached hydrogen (secondary N) is 2. The topological polar surface area (TPSA) is 92.1 Å². The molecule has 0 spiro atoms. The van der Waals surface area contributed by atoms with Gasteiger partial charge in [-0.2, -0.15) is 0 Å². The molecule has 2 aromatic rings. The van der Waals surface area contributed by atoms with Crippen molar-refractivity contribution in [3.8, 4) is 11.3 Å². The number of amides is 1. The number of pyridine rings is 1. The molecule has 0 radical (unpaired) electrons. The monoisotopic (exact) mass is 275 g/mol. The molecule has 20 heavy (non-hydrogen) atoms. The Morgan fingerprint density at radius 2 is 2.40 bits per heavy atom. The van der Waals surface area contributed by atoms with Gasteiger partial charge in [0.05, 0.1) is 12.0 Å². The standard InChI is InChI=1S/C13H17N5O2/c1-10(4-6-16-17-13(19)20)18-8-12(15-9-18)11-3-2-5-14-7-11/h2-3,5,7-10,16-17H,4,6H2,1H3,(H,19,20)/t10-/m1/s1. The molecular weight excluding hydrogens is 258 g/mol. The van der Waals surface area contributed by atoms with Crippen LogP contribution in [0.2, 0.25) is 0 Å². The first kappa shape index (κ1) is 14.0. The summed E-state index contributed by atoms with van der Waals surface area (Å²) in [5, 5.41) is 8.43. The van der Waals surface area contributed by atoms with Crippen LogP contribution in [-0.2, 0) is 0 Å². The van der Waals surface area contributed by atoms with E-state index in [1.165, 1.54) is 0 Å². The Morgan fingerprint density at radius 1 is 1.55 bits per heavy atom. The third kappa shape index (κ3) is 3.79. The summed E-state index contributed by atoms with van der Waals surface area (Å²) in [5.41, 5.74) is 6.60. The summed E-state index contributed by atoms with van der Waals surface area (Å²) in [5.74, 6) is 0. The highest BCUT2D eigenvalue weighted by atomic mass is 16.4. The molecule has 1 atom stereocenters. The Kier molecular flexibility index (Phi) is 4.67. The molecule has 2 aromatic heterocycles. The quantitative estimate of drug-likeness (QED) is 0.551. The van der Waals surface area contributed by atoms with E-state index in [1.807, 2.05) is 22.9 Å². The molecule has 7 nitrogen and oxygen atoms in total. The molecule has 1 amide bonds. The van der Waals surface area contributed by atoms with Gasteiger partial charge in [0.2, 0.25) is 0 Å². The van der Waals surface area contributed by atoms with Crippen molar-refractivity contribution in [2.24, 2.45) is 0 Å². The highest BCUT2D eigenvalue weighted by Gasteiger charge is 2.07. The summed E-state index contributed by atoms with van der Waals surface area (Å²) in [6.07, 6.45) is 6.94. The second kappa shape index (κ2) is 6.67. The maximum absolute atomic E-state index is 10.3. The summed E-state index contributed by atoms with van der Waals surface area (Å²) < 4.78 is 2.00. The average Bonchev–Trinajstić information content (AvgIpc) is 2.94. The lowest BCUT2D eigenvalue weighted by molar-refractivity contribution is 0.188. The zero-order chi connectivity index (χ0) is 14.4. The van der Waals surface area contributed by atoms with E-state index in [0.29, 0.717) is 6.54 Å². The Morgan fingerprint density at radius 3 is 3.10 bits per heavy atom. The van der Waals surface area contributed by atoms with Gasteiger partial charge in [0, 0.05) is 36.7 Å². The normalized spacial score (nSPS) is 12.1. The fourth-order valence-corrected chi connectivity index (χ4v) is 1.81. The predicted molar refractivity (Wildman–Crippen MR) is 73.9 cm³/mol. The van der Waals surface area contributed by atoms with Crippen LogP contribution in [0.4, 0.5) is 4.79 Å². The summed E-state index contributed by atoms with van der Waals surface area (Å²) in [6, 6.07) is 4.05. The third-order valence-corrected chi connectivity index (χ3v) is 2.95. The van der Waals surface area contributed by atoms with Crippen LogP contribution in [0.5, 0.6) is 0 Å². The lowest BCUT2D eigenvalue weighted by Gasteiger charge is -2.13. The molecule has 0 fully saturated rings. The molecule has 2 heterocycles.